The van der Waals surface area contributed by atoms with Crippen LogP contribution in [0.1, 0.15) is 37.7 Å². The minimum Gasteiger partial charge on any atom is -0.467 e. The van der Waals surface area contributed by atoms with E-state index in [1.807, 2.05) is 49.4 Å². The normalized spacial score (nSPS) is 10.7. The van der Waals surface area contributed by atoms with Crippen molar-refractivity contribution < 1.29 is 14.0 Å². The van der Waals surface area contributed by atoms with E-state index in [4.69, 9.17) is 4.42 Å². The van der Waals surface area contributed by atoms with Crippen LogP contribution in [0.15, 0.2) is 76.7 Å². The second kappa shape index (κ2) is 9.62. The molecule has 4 rings (SSSR count). The first-order chi connectivity index (χ1) is 15.5. The predicted molar refractivity (Wildman–Crippen MR) is 124 cm³/mol. The Balaban J connectivity index is 1.56. The quantitative estimate of drug-likeness (QED) is 0.438. The highest BCUT2D eigenvalue weighted by atomic mass is 32.1. The Morgan fingerprint density at radius 3 is 2.44 bits per heavy atom. The van der Waals surface area contributed by atoms with Crippen LogP contribution in [0.5, 0.6) is 0 Å². The summed E-state index contributed by atoms with van der Waals surface area (Å²) in [4.78, 5) is 31.4. The molecule has 0 bridgehead atoms. The Kier molecular flexibility index (Phi) is 6.47. The second-order valence-electron chi connectivity index (χ2n) is 7.42. The molecule has 4 aromatic rings. The average Bonchev–Trinajstić information content (AvgIpc) is 3.51. The number of benzene rings is 2. The summed E-state index contributed by atoms with van der Waals surface area (Å²) >= 11 is 1.45. The Bertz CT molecular complexity index is 1200. The van der Waals surface area contributed by atoms with Gasteiger partial charge >= 0.3 is 0 Å². The SMILES string of the molecule is CNC(=O)c1ccc(CN(Cc2ccco2)C(=O)c2csc(-c3ccc(C)cc3)n2)cc1. The number of carbonyl (C=O) groups is 2. The Morgan fingerprint density at radius 2 is 1.78 bits per heavy atom. The molecule has 0 aliphatic heterocycles. The average molecular weight is 446 g/mol. The first-order valence-electron chi connectivity index (χ1n) is 10.2. The van der Waals surface area contributed by atoms with Crippen LogP contribution in [0.3, 0.4) is 0 Å². The summed E-state index contributed by atoms with van der Waals surface area (Å²) in [7, 11) is 1.60. The third-order valence-corrected chi connectivity index (χ3v) is 5.94. The van der Waals surface area contributed by atoms with Gasteiger partial charge in [0.1, 0.15) is 16.5 Å². The van der Waals surface area contributed by atoms with Crippen molar-refractivity contribution in [1.82, 2.24) is 15.2 Å². The van der Waals surface area contributed by atoms with Gasteiger partial charge in [-0.3, -0.25) is 9.59 Å². The van der Waals surface area contributed by atoms with Gasteiger partial charge in [0.25, 0.3) is 11.8 Å². The molecule has 0 aliphatic rings. The maximum absolute atomic E-state index is 13.4. The predicted octanol–water partition coefficient (Wildman–Crippen LogP) is 4.91. The zero-order valence-corrected chi connectivity index (χ0v) is 18.7. The molecular formula is C25H23N3O3S. The topological polar surface area (TPSA) is 75.4 Å². The van der Waals surface area contributed by atoms with Crippen LogP contribution in [0.4, 0.5) is 0 Å². The van der Waals surface area contributed by atoms with Gasteiger partial charge in [0, 0.05) is 30.1 Å². The first-order valence-corrected chi connectivity index (χ1v) is 11.1. The molecule has 0 saturated heterocycles. The van der Waals surface area contributed by atoms with E-state index < -0.39 is 0 Å². The number of rotatable bonds is 7. The molecule has 0 aliphatic carbocycles. The second-order valence-corrected chi connectivity index (χ2v) is 8.28. The molecule has 0 atom stereocenters. The highest BCUT2D eigenvalue weighted by Crippen LogP contribution is 2.25. The van der Waals surface area contributed by atoms with Crippen LogP contribution in [-0.4, -0.2) is 28.7 Å². The van der Waals surface area contributed by atoms with Gasteiger partial charge in [0.2, 0.25) is 0 Å². The van der Waals surface area contributed by atoms with Crippen LogP contribution in [0, 0.1) is 6.92 Å². The summed E-state index contributed by atoms with van der Waals surface area (Å²) < 4.78 is 5.47. The van der Waals surface area contributed by atoms with Crippen molar-refractivity contribution in [1.29, 1.82) is 0 Å². The lowest BCUT2D eigenvalue weighted by molar-refractivity contribution is 0.0712. The monoisotopic (exact) mass is 445 g/mol. The lowest BCUT2D eigenvalue weighted by atomic mass is 10.1. The third-order valence-electron chi connectivity index (χ3n) is 5.05. The van der Waals surface area contributed by atoms with Crippen LogP contribution in [-0.2, 0) is 13.1 Å². The minimum absolute atomic E-state index is 0.147. The van der Waals surface area contributed by atoms with Gasteiger partial charge in [0.05, 0.1) is 12.8 Å². The standard InChI is InChI=1S/C25H23N3O3S/c1-17-5-9-20(10-6-17)24-27-22(16-32-24)25(30)28(15-21-4-3-13-31-21)14-18-7-11-19(12-8-18)23(29)26-2/h3-13,16H,14-15H2,1-2H3,(H,26,29). The van der Waals surface area contributed by atoms with E-state index in [-0.39, 0.29) is 11.8 Å². The summed E-state index contributed by atoms with van der Waals surface area (Å²) in [6.07, 6.45) is 1.59. The number of hydrogen-bond acceptors (Lipinski definition) is 5. The van der Waals surface area contributed by atoms with Crippen molar-refractivity contribution in [3.05, 3.63) is 100 Å². The molecule has 7 heteroatoms. The molecule has 32 heavy (non-hydrogen) atoms. The summed E-state index contributed by atoms with van der Waals surface area (Å²) in [6.45, 7) is 2.72. The van der Waals surface area contributed by atoms with E-state index in [9.17, 15) is 9.59 Å². The van der Waals surface area contributed by atoms with Gasteiger partial charge < -0.3 is 14.6 Å². The van der Waals surface area contributed by atoms with Crippen molar-refractivity contribution >= 4 is 23.2 Å². The van der Waals surface area contributed by atoms with Gasteiger partial charge in [-0.2, -0.15) is 0 Å². The summed E-state index contributed by atoms with van der Waals surface area (Å²) in [5.74, 6) is 0.367. The zero-order chi connectivity index (χ0) is 22.5. The number of amides is 2. The molecule has 0 spiro atoms. The van der Waals surface area contributed by atoms with Crippen molar-refractivity contribution in [2.75, 3.05) is 7.05 Å². The summed E-state index contributed by atoms with van der Waals surface area (Å²) in [5.41, 5.74) is 4.05. The number of aryl methyl sites for hydroxylation is 1. The van der Waals surface area contributed by atoms with Crippen molar-refractivity contribution in [3.63, 3.8) is 0 Å². The molecule has 2 amide bonds. The number of hydrogen-bond donors (Lipinski definition) is 1. The Morgan fingerprint density at radius 1 is 1.03 bits per heavy atom. The Hall–Kier alpha value is -3.71. The lowest BCUT2D eigenvalue weighted by Crippen LogP contribution is -2.30. The minimum atomic E-state index is -0.175. The van der Waals surface area contributed by atoms with E-state index in [2.05, 4.69) is 10.3 Å². The van der Waals surface area contributed by atoms with E-state index >= 15 is 0 Å². The van der Waals surface area contributed by atoms with Crippen molar-refractivity contribution in [2.45, 2.75) is 20.0 Å². The molecule has 2 heterocycles. The smallest absolute Gasteiger partial charge is 0.274 e. The maximum atomic E-state index is 13.4. The van der Waals surface area contributed by atoms with Crippen molar-refractivity contribution in [3.8, 4) is 10.6 Å². The fraction of sp³-hybridized carbons (Fsp3) is 0.160. The molecule has 0 radical (unpaired) electrons. The highest BCUT2D eigenvalue weighted by Gasteiger charge is 2.21. The van der Waals surface area contributed by atoms with E-state index in [1.165, 1.54) is 16.9 Å². The number of carbonyl (C=O) groups excluding carboxylic acids is 2. The molecule has 6 nitrogen and oxygen atoms in total. The number of thiazole rings is 1. The summed E-state index contributed by atoms with van der Waals surface area (Å²) in [5, 5.41) is 5.21. The maximum Gasteiger partial charge on any atom is 0.274 e. The fourth-order valence-corrected chi connectivity index (χ4v) is 4.08. The van der Waals surface area contributed by atoms with Crippen molar-refractivity contribution in [2.24, 2.45) is 0 Å². The number of aromatic nitrogens is 1. The summed E-state index contributed by atoms with van der Waals surface area (Å²) in [6, 6.07) is 18.9. The van der Waals surface area contributed by atoms with Crippen LogP contribution < -0.4 is 5.32 Å². The molecule has 162 valence electrons. The van der Waals surface area contributed by atoms with Gasteiger partial charge in [-0.1, -0.05) is 42.0 Å². The third kappa shape index (κ3) is 4.95. The number of nitrogens with one attached hydrogen (secondary N) is 1. The van der Waals surface area contributed by atoms with Crippen LogP contribution in [0.25, 0.3) is 10.6 Å². The fourth-order valence-electron chi connectivity index (χ4n) is 3.28. The number of furan rings is 1. The highest BCUT2D eigenvalue weighted by molar-refractivity contribution is 7.13. The van der Waals surface area contributed by atoms with Gasteiger partial charge in [0.15, 0.2) is 0 Å². The van der Waals surface area contributed by atoms with E-state index in [1.54, 1.807) is 41.8 Å². The van der Waals surface area contributed by atoms with E-state index in [0.29, 0.717) is 30.1 Å². The van der Waals surface area contributed by atoms with Gasteiger partial charge in [-0.05, 0) is 36.8 Å². The van der Waals surface area contributed by atoms with Crippen LogP contribution in [0.2, 0.25) is 0 Å². The Labute approximate surface area is 190 Å². The molecular weight excluding hydrogens is 422 g/mol. The van der Waals surface area contributed by atoms with Gasteiger partial charge in [-0.25, -0.2) is 4.98 Å². The van der Waals surface area contributed by atoms with Crippen LogP contribution >= 0.6 is 11.3 Å². The molecule has 0 fully saturated rings. The molecule has 0 unspecified atom stereocenters. The molecule has 1 N–H and O–H groups in total. The van der Waals surface area contributed by atoms with E-state index in [0.717, 1.165) is 16.1 Å². The zero-order valence-electron chi connectivity index (χ0n) is 17.9. The molecule has 0 saturated carbocycles. The molecule has 2 aromatic carbocycles. The lowest BCUT2D eigenvalue weighted by Gasteiger charge is -2.21. The number of nitrogens with zero attached hydrogens (tertiary/aromatic N) is 2. The first kappa shape index (κ1) is 21.5. The van der Waals surface area contributed by atoms with Gasteiger partial charge in [-0.15, -0.1) is 11.3 Å². The molecule has 2 aromatic heterocycles. The largest absolute Gasteiger partial charge is 0.467 e.